The quantitative estimate of drug-likeness (QED) is 0.798. The zero-order chi connectivity index (χ0) is 13.9. The van der Waals surface area contributed by atoms with Crippen molar-refractivity contribution in [3.63, 3.8) is 0 Å². The van der Waals surface area contributed by atoms with Gasteiger partial charge in [0.05, 0.1) is 5.56 Å². The molecule has 2 fully saturated rings. The summed E-state index contributed by atoms with van der Waals surface area (Å²) >= 11 is 0. The summed E-state index contributed by atoms with van der Waals surface area (Å²) in [5, 5.41) is 12.0. The van der Waals surface area contributed by atoms with Gasteiger partial charge in [0.1, 0.15) is 11.8 Å². The maximum absolute atomic E-state index is 12.3. The summed E-state index contributed by atoms with van der Waals surface area (Å²) in [6, 6.07) is 5.91. The van der Waals surface area contributed by atoms with Gasteiger partial charge in [-0.3, -0.25) is 9.69 Å². The highest BCUT2D eigenvalue weighted by atomic mass is 16.2. The third kappa shape index (κ3) is 2.50. The minimum atomic E-state index is -0.0409. The molecule has 1 aromatic rings. The van der Waals surface area contributed by atoms with Crippen LogP contribution in [-0.4, -0.2) is 66.0 Å². The lowest BCUT2D eigenvalue weighted by Gasteiger charge is -2.43. The Morgan fingerprint density at radius 2 is 2.05 bits per heavy atom. The molecule has 1 amide bonds. The fourth-order valence-corrected chi connectivity index (χ4v) is 2.57. The number of carbonyl (C=O) groups excluding carboxylic acids is 1. The number of nitrogens with zero attached hydrogens (tertiary/aromatic N) is 4. The first kappa shape index (κ1) is 13.0. The Bertz CT molecular complexity index is 523. The third-order valence-electron chi connectivity index (χ3n) is 3.99. The van der Waals surface area contributed by atoms with Crippen LogP contribution in [0.15, 0.2) is 18.3 Å². The Labute approximate surface area is 118 Å². The molecule has 0 radical (unpaired) electrons. The van der Waals surface area contributed by atoms with E-state index in [1.165, 1.54) is 6.20 Å². The van der Waals surface area contributed by atoms with Crippen molar-refractivity contribution < 1.29 is 4.79 Å². The van der Waals surface area contributed by atoms with Gasteiger partial charge < -0.3 is 10.2 Å². The molecule has 6 heteroatoms. The summed E-state index contributed by atoms with van der Waals surface area (Å²) in [5.41, 5.74) is 0.895. The zero-order valence-electron chi connectivity index (χ0n) is 11.2. The molecule has 0 saturated carbocycles. The molecule has 2 saturated heterocycles. The van der Waals surface area contributed by atoms with E-state index in [-0.39, 0.29) is 5.91 Å². The van der Waals surface area contributed by atoms with Crippen LogP contribution in [0.4, 0.5) is 0 Å². The topological polar surface area (TPSA) is 72.3 Å². The van der Waals surface area contributed by atoms with Crippen LogP contribution in [-0.2, 0) is 0 Å². The number of rotatable bonds is 2. The maximum atomic E-state index is 12.3. The first-order valence-electron chi connectivity index (χ1n) is 6.88. The molecule has 0 atom stereocenters. The maximum Gasteiger partial charge on any atom is 0.272 e. The van der Waals surface area contributed by atoms with Gasteiger partial charge in [0.15, 0.2) is 0 Å². The number of hydrogen-bond acceptors (Lipinski definition) is 5. The summed E-state index contributed by atoms with van der Waals surface area (Å²) in [5.74, 6) is -0.0409. The highest BCUT2D eigenvalue weighted by molar-refractivity contribution is 5.92. The van der Waals surface area contributed by atoms with Crippen LogP contribution in [0, 0.1) is 11.3 Å². The molecule has 104 valence electrons. The first-order chi connectivity index (χ1) is 9.78. The van der Waals surface area contributed by atoms with Crippen LogP contribution in [0.5, 0.6) is 0 Å². The van der Waals surface area contributed by atoms with Crippen LogP contribution in [0.1, 0.15) is 16.1 Å². The number of pyridine rings is 1. The molecule has 0 spiro atoms. The van der Waals surface area contributed by atoms with Gasteiger partial charge in [0, 0.05) is 51.5 Å². The zero-order valence-corrected chi connectivity index (χ0v) is 11.2. The summed E-state index contributed by atoms with van der Waals surface area (Å²) in [6.07, 6.45) is 1.45. The molecule has 1 aromatic heterocycles. The van der Waals surface area contributed by atoms with E-state index in [9.17, 15) is 4.79 Å². The van der Waals surface area contributed by atoms with E-state index in [2.05, 4.69) is 15.2 Å². The van der Waals surface area contributed by atoms with Gasteiger partial charge in [0.25, 0.3) is 5.91 Å². The molecule has 0 aromatic carbocycles. The Balaban J connectivity index is 1.59. The second kappa shape index (κ2) is 5.57. The Kier molecular flexibility index (Phi) is 3.63. The van der Waals surface area contributed by atoms with Crippen LogP contribution in [0.2, 0.25) is 0 Å². The van der Waals surface area contributed by atoms with Gasteiger partial charge in [0.2, 0.25) is 0 Å². The number of hydrogen-bond donors (Lipinski definition) is 1. The van der Waals surface area contributed by atoms with Crippen molar-refractivity contribution >= 4 is 5.91 Å². The molecule has 0 bridgehead atoms. The predicted octanol–water partition coefficient (Wildman–Crippen LogP) is -0.317. The second-order valence-corrected chi connectivity index (χ2v) is 5.18. The van der Waals surface area contributed by atoms with Gasteiger partial charge in [-0.2, -0.15) is 5.26 Å². The SMILES string of the molecule is N#Cc1ccc(C(=O)N2CCN(C3CNC3)CC2)nc1. The van der Waals surface area contributed by atoms with Gasteiger partial charge in [-0.05, 0) is 12.1 Å². The number of aromatic nitrogens is 1. The average Bonchev–Trinajstić information content (AvgIpc) is 2.46. The molecule has 0 aliphatic carbocycles. The van der Waals surface area contributed by atoms with Crippen molar-refractivity contribution in [2.45, 2.75) is 6.04 Å². The number of nitrogens with one attached hydrogen (secondary N) is 1. The lowest BCUT2D eigenvalue weighted by molar-refractivity contribution is 0.0497. The lowest BCUT2D eigenvalue weighted by atomic mass is 10.1. The standard InChI is InChI=1S/C14H17N5O/c15-7-11-1-2-13(17-8-11)14(20)19-5-3-18(4-6-19)12-9-16-10-12/h1-2,8,12,16H,3-6,9-10H2. The largest absolute Gasteiger partial charge is 0.335 e. The molecule has 2 aliphatic heterocycles. The third-order valence-corrected chi connectivity index (χ3v) is 3.99. The summed E-state index contributed by atoms with van der Waals surface area (Å²) < 4.78 is 0. The fraction of sp³-hybridized carbons (Fsp3) is 0.500. The highest BCUT2D eigenvalue weighted by Crippen LogP contribution is 2.12. The van der Waals surface area contributed by atoms with E-state index in [0.717, 1.165) is 39.3 Å². The van der Waals surface area contributed by atoms with Crippen molar-refractivity contribution in [3.8, 4) is 6.07 Å². The van der Waals surface area contributed by atoms with Crippen molar-refractivity contribution in [1.29, 1.82) is 5.26 Å². The molecular weight excluding hydrogens is 254 g/mol. The smallest absolute Gasteiger partial charge is 0.272 e. The monoisotopic (exact) mass is 271 g/mol. The number of piperazine rings is 1. The molecule has 1 N–H and O–H groups in total. The van der Waals surface area contributed by atoms with Crippen molar-refractivity contribution in [2.75, 3.05) is 39.3 Å². The Morgan fingerprint density at radius 3 is 2.55 bits per heavy atom. The normalized spacial score (nSPS) is 20.2. The van der Waals surface area contributed by atoms with E-state index >= 15 is 0 Å². The number of nitriles is 1. The van der Waals surface area contributed by atoms with E-state index < -0.39 is 0 Å². The van der Waals surface area contributed by atoms with Gasteiger partial charge in [-0.1, -0.05) is 0 Å². The van der Waals surface area contributed by atoms with Gasteiger partial charge >= 0.3 is 0 Å². The second-order valence-electron chi connectivity index (χ2n) is 5.18. The Hall–Kier alpha value is -1.97. The van der Waals surface area contributed by atoms with Gasteiger partial charge in [-0.15, -0.1) is 0 Å². The van der Waals surface area contributed by atoms with Crippen molar-refractivity contribution in [1.82, 2.24) is 20.1 Å². The fourth-order valence-electron chi connectivity index (χ4n) is 2.57. The average molecular weight is 271 g/mol. The molecular formula is C14H17N5O. The number of amides is 1. The summed E-state index contributed by atoms with van der Waals surface area (Å²) in [4.78, 5) is 20.7. The first-order valence-corrected chi connectivity index (χ1v) is 6.88. The lowest BCUT2D eigenvalue weighted by Crippen LogP contribution is -2.62. The van der Waals surface area contributed by atoms with E-state index in [1.54, 1.807) is 12.1 Å². The molecule has 20 heavy (non-hydrogen) atoms. The van der Waals surface area contributed by atoms with E-state index in [4.69, 9.17) is 5.26 Å². The summed E-state index contributed by atoms with van der Waals surface area (Å²) in [7, 11) is 0. The van der Waals surface area contributed by atoms with E-state index in [0.29, 0.717) is 17.3 Å². The minimum Gasteiger partial charge on any atom is -0.335 e. The molecule has 3 rings (SSSR count). The molecule has 2 aliphatic rings. The van der Waals surface area contributed by atoms with Crippen molar-refractivity contribution in [3.05, 3.63) is 29.6 Å². The van der Waals surface area contributed by atoms with Crippen molar-refractivity contribution in [2.24, 2.45) is 0 Å². The predicted molar refractivity (Wildman–Crippen MR) is 73.1 cm³/mol. The molecule has 3 heterocycles. The molecule has 0 unspecified atom stereocenters. The van der Waals surface area contributed by atoms with Gasteiger partial charge in [-0.25, -0.2) is 4.98 Å². The van der Waals surface area contributed by atoms with Crippen LogP contribution >= 0.6 is 0 Å². The van der Waals surface area contributed by atoms with Crippen LogP contribution < -0.4 is 5.32 Å². The van der Waals surface area contributed by atoms with Crippen LogP contribution in [0.3, 0.4) is 0 Å². The number of carbonyl (C=O) groups is 1. The minimum absolute atomic E-state index is 0.0409. The molecule has 6 nitrogen and oxygen atoms in total. The highest BCUT2D eigenvalue weighted by Gasteiger charge is 2.29. The summed E-state index contributed by atoms with van der Waals surface area (Å²) in [6.45, 7) is 5.47. The van der Waals surface area contributed by atoms with Crippen LogP contribution in [0.25, 0.3) is 0 Å². The van der Waals surface area contributed by atoms with E-state index in [1.807, 2.05) is 11.0 Å². The Morgan fingerprint density at radius 1 is 1.30 bits per heavy atom.